The molecule has 1 saturated heterocycles. The lowest BCUT2D eigenvalue weighted by molar-refractivity contribution is -0.124. The van der Waals surface area contributed by atoms with Crippen LogP contribution in [0.1, 0.15) is 42.3 Å². The molecule has 0 saturated carbocycles. The first-order valence-electron chi connectivity index (χ1n) is 7.34. The summed E-state index contributed by atoms with van der Waals surface area (Å²) in [5, 5.41) is 3.00. The second kappa shape index (κ2) is 6.52. The predicted molar refractivity (Wildman–Crippen MR) is 82.4 cm³/mol. The van der Waals surface area contributed by atoms with Gasteiger partial charge in [-0.1, -0.05) is 32.0 Å². The van der Waals surface area contributed by atoms with E-state index in [-0.39, 0.29) is 11.8 Å². The van der Waals surface area contributed by atoms with Crippen LogP contribution >= 0.6 is 0 Å². The van der Waals surface area contributed by atoms with Crippen LogP contribution in [0.2, 0.25) is 0 Å². The van der Waals surface area contributed by atoms with Crippen molar-refractivity contribution in [1.29, 1.82) is 0 Å². The highest BCUT2D eigenvalue weighted by atomic mass is 16.2. The smallest absolute Gasteiger partial charge is 0.280 e. The molecule has 1 heterocycles. The molecule has 0 aromatic heterocycles. The van der Waals surface area contributed by atoms with Gasteiger partial charge in [-0.25, -0.2) is 0 Å². The Hall–Kier alpha value is -2.17. The average molecular weight is 287 g/mol. The third-order valence-electron chi connectivity index (χ3n) is 3.67. The van der Waals surface area contributed by atoms with Gasteiger partial charge < -0.3 is 5.32 Å². The molecule has 0 atom stereocenters. The summed E-state index contributed by atoms with van der Waals surface area (Å²) >= 11 is 0. The molecule has 1 fully saturated rings. The number of aryl methyl sites for hydroxylation is 2. The van der Waals surface area contributed by atoms with Gasteiger partial charge in [-0.2, -0.15) is 4.99 Å². The molecule has 0 bridgehead atoms. The molecule has 0 spiro atoms. The minimum absolute atomic E-state index is 0.106. The highest BCUT2D eigenvalue weighted by Gasteiger charge is 2.24. The fraction of sp³-hybridized carbons (Fsp3) is 0.438. The zero-order chi connectivity index (χ0) is 15.4. The molecule has 5 nitrogen and oxygen atoms in total. The molecule has 5 heteroatoms. The van der Waals surface area contributed by atoms with Gasteiger partial charge in [-0.05, 0) is 24.0 Å². The molecule has 21 heavy (non-hydrogen) atoms. The highest BCUT2D eigenvalue weighted by Crippen LogP contribution is 2.18. The van der Waals surface area contributed by atoms with Gasteiger partial charge in [-0.3, -0.25) is 14.5 Å². The molecule has 0 radical (unpaired) electrons. The van der Waals surface area contributed by atoms with Gasteiger partial charge in [0.05, 0.1) is 0 Å². The van der Waals surface area contributed by atoms with E-state index < -0.39 is 0 Å². The lowest BCUT2D eigenvalue weighted by Gasteiger charge is -2.14. The Labute approximate surface area is 125 Å². The number of benzene rings is 1. The van der Waals surface area contributed by atoms with Crippen molar-refractivity contribution in [2.45, 2.75) is 33.6 Å². The maximum atomic E-state index is 12.6. The molecule has 1 N–H and O–H groups in total. The summed E-state index contributed by atoms with van der Waals surface area (Å²) in [5.41, 5.74) is 2.67. The van der Waals surface area contributed by atoms with Crippen LogP contribution in [0.5, 0.6) is 0 Å². The number of nitrogens with zero attached hydrogens (tertiary/aromatic N) is 2. The largest absolute Gasteiger partial charge is 0.354 e. The predicted octanol–water partition coefficient (Wildman–Crippen LogP) is 1.76. The van der Waals surface area contributed by atoms with Gasteiger partial charge in [0.25, 0.3) is 5.91 Å². The Balaban J connectivity index is 2.39. The number of rotatable bonds is 3. The standard InChI is InChI=1S/C16H21N3O2/c1-4-12-7-6-8-13(5-2)14(12)15(21)18-16-17-9-10-19(16)11(3)20/h6-8H,4-5,9-10H2,1-3H3,(H,17,18,21). The van der Waals surface area contributed by atoms with Gasteiger partial charge in [0.1, 0.15) is 0 Å². The summed E-state index contributed by atoms with van der Waals surface area (Å²) in [6, 6.07) is 5.88. The lowest BCUT2D eigenvalue weighted by Crippen LogP contribution is -2.34. The molecule has 1 aromatic rings. The van der Waals surface area contributed by atoms with Crippen molar-refractivity contribution in [3.05, 3.63) is 34.9 Å². The van der Waals surface area contributed by atoms with Crippen LogP contribution in [-0.4, -0.2) is 35.8 Å². The maximum absolute atomic E-state index is 12.6. The van der Waals surface area contributed by atoms with E-state index in [0.717, 1.165) is 24.0 Å². The van der Waals surface area contributed by atoms with Crippen LogP contribution in [0.25, 0.3) is 0 Å². The van der Waals surface area contributed by atoms with Gasteiger partial charge in [0.15, 0.2) is 0 Å². The summed E-state index contributed by atoms with van der Waals surface area (Å²) in [5.74, 6) is -0.0218. The Kier molecular flexibility index (Phi) is 4.73. The molecule has 1 aromatic carbocycles. The van der Waals surface area contributed by atoms with Crippen molar-refractivity contribution >= 4 is 17.8 Å². The van der Waals surface area contributed by atoms with Gasteiger partial charge in [-0.15, -0.1) is 0 Å². The number of aliphatic imine (C=N–C) groups is 1. The van der Waals surface area contributed by atoms with E-state index in [1.807, 2.05) is 32.0 Å². The Morgan fingerprint density at radius 2 is 1.86 bits per heavy atom. The summed E-state index contributed by atoms with van der Waals surface area (Å²) in [4.78, 5) is 29.7. The van der Waals surface area contributed by atoms with Crippen LogP contribution in [0.3, 0.4) is 0 Å². The maximum Gasteiger partial charge on any atom is 0.280 e. The molecule has 0 unspecified atom stereocenters. The first-order chi connectivity index (χ1) is 10.1. The topological polar surface area (TPSA) is 61.8 Å². The van der Waals surface area contributed by atoms with E-state index in [0.29, 0.717) is 24.6 Å². The van der Waals surface area contributed by atoms with Gasteiger partial charge >= 0.3 is 0 Å². The Morgan fingerprint density at radius 1 is 1.24 bits per heavy atom. The quantitative estimate of drug-likeness (QED) is 0.921. The lowest BCUT2D eigenvalue weighted by atomic mass is 9.97. The van der Waals surface area contributed by atoms with E-state index in [9.17, 15) is 9.59 Å². The zero-order valence-electron chi connectivity index (χ0n) is 12.8. The van der Waals surface area contributed by atoms with Crippen molar-refractivity contribution in [3.63, 3.8) is 0 Å². The normalized spacial score (nSPS) is 16.1. The van der Waals surface area contributed by atoms with Crippen molar-refractivity contribution in [2.24, 2.45) is 4.99 Å². The number of guanidine groups is 1. The fourth-order valence-corrected chi connectivity index (χ4v) is 2.56. The number of carbonyl (C=O) groups excluding carboxylic acids is 2. The second-order valence-corrected chi connectivity index (χ2v) is 5.00. The van der Waals surface area contributed by atoms with Crippen LogP contribution in [0, 0.1) is 0 Å². The molecule has 1 aliphatic rings. The minimum Gasteiger partial charge on any atom is -0.354 e. The monoisotopic (exact) mass is 287 g/mol. The zero-order valence-corrected chi connectivity index (χ0v) is 12.8. The SMILES string of the molecule is CCc1cccc(CC)c1C(=O)N=C1NCCN1C(C)=O. The average Bonchev–Trinajstić information content (AvgIpc) is 2.94. The molecule has 2 amide bonds. The Bertz CT molecular complexity index is 571. The van der Waals surface area contributed by atoms with Crippen LogP contribution in [0.4, 0.5) is 0 Å². The van der Waals surface area contributed by atoms with Crippen molar-refractivity contribution < 1.29 is 9.59 Å². The van der Waals surface area contributed by atoms with E-state index in [2.05, 4.69) is 10.3 Å². The van der Waals surface area contributed by atoms with Crippen LogP contribution in [-0.2, 0) is 17.6 Å². The fourth-order valence-electron chi connectivity index (χ4n) is 2.56. The molecular weight excluding hydrogens is 266 g/mol. The number of nitrogens with one attached hydrogen (secondary N) is 1. The summed E-state index contributed by atoms with van der Waals surface area (Å²) in [6.07, 6.45) is 1.56. The number of hydrogen-bond acceptors (Lipinski definition) is 2. The summed E-state index contributed by atoms with van der Waals surface area (Å²) < 4.78 is 0. The minimum atomic E-state index is -0.278. The van der Waals surface area contributed by atoms with Crippen molar-refractivity contribution in [1.82, 2.24) is 10.2 Å². The third kappa shape index (κ3) is 3.12. The van der Waals surface area contributed by atoms with Crippen LogP contribution in [0.15, 0.2) is 23.2 Å². The number of carbonyl (C=O) groups is 2. The van der Waals surface area contributed by atoms with E-state index in [4.69, 9.17) is 0 Å². The van der Waals surface area contributed by atoms with E-state index in [1.165, 1.54) is 11.8 Å². The molecule has 0 aliphatic carbocycles. The van der Waals surface area contributed by atoms with Crippen molar-refractivity contribution in [2.75, 3.05) is 13.1 Å². The summed E-state index contributed by atoms with van der Waals surface area (Å²) in [6.45, 7) is 6.70. The molecule has 112 valence electrons. The second-order valence-electron chi connectivity index (χ2n) is 5.00. The van der Waals surface area contributed by atoms with E-state index in [1.54, 1.807) is 0 Å². The first-order valence-corrected chi connectivity index (χ1v) is 7.34. The Morgan fingerprint density at radius 3 is 2.38 bits per heavy atom. The number of amides is 2. The molecule has 2 rings (SSSR count). The van der Waals surface area contributed by atoms with Crippen molar-refractivity contribution in [3.8, 4) is 0 Å². The van der Waals surface area contributed by atoms with E-state index >= 15 is 0 Å². The van der Waals surface area contributed by atoms with Crippen LogP contribution < -0.4 is 5.32 Å². The third-order valence-corrected chi connectivity index (χ3v) is 3.67. The first kappa shape index (κ1) is 15.2. The number of hydrogen-bond donors (Lipinski definition) is 1. The summed E-state index contributed by atoms with van der Waals surface area (Å²) in [7, 11) is 0. The highest BCUT2D eigenvalue weighted by molar-refractivity contribution is 6.08. The molecule has 1 aliphatic heterocycles. The van der Waals surface area contributed by atoms with Gasteiger partial charge in [0.2, 0.25) is 11.9 Å². The van der Waals surface area contributed by atoms with Gasteiger partial charge in [0, 0.05) is 25.6 Å². The molecular formula is C16H21N3O2.